The molecule has 3 heterocycles. The van der Waals surface area contributed by atoms with Crippen LogP contribution < -0.4 is 16.0 Å². The second kappa shape index (κ2) is 4.76. The van der Waals surface area contributed by atoms with E-state index in [1.165, 1.54) is 0 Å². The van der Waals surface area contributed by atoms with E-state index in [4.69, 9.17) is 4.42 Å². The molecule has 0 fully saturated rings. The summed E-state index contributed by atoms with van der Waals surface area (Å²) in [5, 5.41) is 5.05. The third kappa shape index (κ3) is 2.07. The first-order valence-corrected chi connectivity index (χ1v) is 6.30. The van der Waals surface area contributed by atoms with Crippen molar-refractivity contribution in [2.45, 2.75) is 19.4 Å². The van der Waals surface area contributed by atoms with Crippen LogP contribution in [0.2, 0.25) is 0 Å². The fourth-order valence-electron chi connectivity index (χ4n) is 2.40. The summed E-state index contributed by atoms with van der Waals surface area (Å²) in [7, 11) is 0. The maximum absolute atomic E-state index is 5.42. The molecule has 0 aliphatic carbocycles. The van der Waals surface area contributed by atoms with E-state index in [1.807, 2.05) is 25.4 Å². The maximum Gasteiger partial charge on any atom is 0.151 e. The minimum Gasteiger partial charge on any atom is -0.469 e. The number of aromatic nitrogens is 2. The predicted octanol–water partition coefficient (Wildman–Crippen LogP) is 0.430. The van der Waals surface area contributed by atoms with Crippen molar-refractivity contribution in [3.63, 3.8) is 0 Å². The molecule has 0 bridgehead atoms. The first kappa shape index (κ1) is 11.8. The molecule has 0 spiro atoms. The van der Waals surface area contributed by atoms with Gasteiger partial charge in [0.1, 0.15) is 11.1 Å². The van der Waals surface area contributed by atoms with E-state index in [0.29, 0.717) is 0 Å². The highest BCUT2D eigenvalue weighted by atomic mass is 16.3. The van der Waals surface area contributed by atoms with E-state index in [1.54, 1.807) is 12.5 Å². The summed E-state index contributed by atoms with van der Waals surface area (Å²) >= 11 is 0. The summed E-state index contributed by atoms with van der Waals surface area (Å²) in [6, 6.07) is 4.16. The SMILES string of the molecule is C=c1ncn2c1=C(/N=C\C)NCC2Cc1ccco1. The highest BCUT2D eigenvalue weighted by Crippen LogP contribution is 2.15. The van der Waals surface area contributed by atoms with Gasteiger partial charge in [-0.3, -0.25) is 0 Å². The first-order chi connectivity index (χ1) is 9.29. The lowest BCUT2D eigenvalue weighted by atomic mass is 10.1. The van der Waals surface area contributed by atoms with Gasteiger partial charge in [-0.2, -0.15) is 0 Å². The van der Waals surface area contributed by atoms with Gasteiger partial charge in [-0.25, -0.2) is 9.98 Å². The molecule has 0 amide bonds. The Morgan fingerprint density at radius 3 is 3.32 bits per heavy atom. The molecule has 98 valence electrons. The van der Waals surface area contributed by atoms with Crippen LogP contribution >= 0.6 is 0 Å². The van der Waals surface area contributed by atoms with Gasteiger partial charge < -0.3 is 14.3 Å². The molecule has 19 heavy (non-hydrogen) atoms. The molecule has 0 radical (unpaired) electrons. The quantitative estimate of drug-likeness (QED) is 0.810. The number of nitrogens with one attached hydrogen (secondary N) is 1. The molecular weight excluding hydrogens is 240 g/mol. The highest BCUT2D eigenvalue weighted by molar-refractivity contribution is 5.62. The van der Waals surface area contributed by atoms with E-state index in [9.17, 15) is 0 Å². The Labute approximate surface area is 111 Å². The molecule has 5 heteroatoms. The van der Waals surface area contributed by atoms with Gasteiger partial charge in [0.2, 0.25) is 0 Å². The van der Waals surface area contributed by atoms with Gasteiger partial charge in [-0.15, -0.1) is 0 Å². The van der Waals surface area contributed by atoms with Crippen molar-refractivity contribution in [2.24, 2.45) is 4.99 Å². The van der Waals surface area contributed by atoms with Crippen LogP contribution in [0.15, 0.2) is 34.1 Å². The Morgan fingerprint density at radius 1 is 1.68 bits per heavy atom. The molecule has 1 N–H and O–H groups in total. The number of fused-ring (bicyclic) bond motifs is 1. The first-order valence-electron chi connectivity index (χ1n) is 6.30. The molecule has 0 aromatic carbocycles. The number of hydrogen-bond donors (Lipinski definition) is 1. The van der Waals surface area contributed by atoms with Crippen molar-refractivity contribution in [3.05, 3.63) is 41.2 Å². The van der Waals surface area contributed by atoms with Crippen LogP contribution in [0.3, 0.4) is 0 Å². The van der Waals surface area contributed by atoms with Crippen molar-refractivity contribution >= 4 is 18.6 Å². The maximum atomic E-state index is 5.42. The van der Waals surface area contributed by atoms with Crippen molar-refractivity contribution in [3.8, 4) is 0 Å². The van der Waals surface area contributed by atoms with Crippen LogP contribution in [0, 0.1) is 0 Å². The average Bonchev–Trinajstić information content (AvgIpc) is 3.03. The Hall–Kier alpha value is -2.30. The minimum atomic E-state index is 0.264. The summed E-state index contributed by atoms with van der Waals surface area (Å²) in [6.07, 6.45) is 6.13. The average molecular weight is 256 g/mol. The Kier molecular flexibility index (Phi) is 2.95. The second-order valence-corrected chi connectivity index (χ2v) is 4.50. The van der Waals surface area contributed by atoms with Gasteiger partial charge >= 0.3 is 0 Å². The van der Waals surface area contributed by atoms with Gasteiger partial charge in [-0.1, -0.05) is 6.58 Å². The van der Waals surface area contributed by atoms with Crippen LogP contribution in [-0.2, 0) is 6.42 Å². The van der Waals surface area contributed by atoms with Gasteiger partial charge in [0.15, 0.2) is 5.82 Å². The van der Waals surface area contributed by atoms with Gasteiger partial charge in [0, 0.05) is 19.2 Å². The van der Waals surface area contributed by atoms with Crippen LogP contribution in [0.25, 0.3) is 12.4 Å². The standard InChI is InChI=1S/C14H16N4O/c1-3-15-14-13-10(2)17-9-18(13)11(8-16-14)7-12-5-4-6-19-12/h3-6,9,11,16H,2,7-8H2,1H3/b15-3-. The summed E-state index contributed by atoms with van der Waals surface area (Å²) in [4.78, 5) is 8.64. The minimum absolute atomic E-state index is 0.264. The van der Waals surface area contributed by atoms with Crippen LogP contribution in [0.4, 0.5) is 0 Å². The molecule has 5 nitrogen and oxygen atoms in total. The van der Waals surface area contributed by atoms with E-state index in [2.05, 4.69) is 26.4 Å². The van der Waals surface area contributed by atoms with E-state index in [-0.39, 0.29) is 6.04 Å². The topological polar surface area (TPSA) is 55.4 Å². The molecule has 2 aromatic rings. The Balaban J connectivity index is 2.04. The van der Waals surface area contributed by atoms with Crippen molar-refractivity contribution in [1.29, 1.82) is 0 Å². The molecule has 0 saturated carbocycles. The van der Waals surface area contributed by atoms with Gasteiger partial charge in [0.25, 0.3) is 0 Å². The van der Waals surface area contributed by atoms with Gasteiger partial charge in [0.05, 0.1) is 24.0 Å². The van der Waals surface area contributed by atoms with E-state index in [0.717, 1.165) is 35.2 Å². The Morgan fingerprint density at radius 2 is 2.58 bits per heavy atom. The van der Waals surface area contributed by atoms with E-state index >= 15 is 0 Å². The largest absolute Gasteiger partial charge is 0.469 e. The number of aliphatic imine (C=N–C) groups is 1. The predicted molar refractivity (Wildman–Crippen MR) is 74.0 cm³/mol. The second-order valence-electron chi connectivity index (χ2n) is 4.50. The van der Waals surface area contributed by atoms with E-state index < -0.39 is 0 Å². The summed E-state index contributed by atoms with van der Waals surface area (Å²) in [5.41, 5.74) is 0. The van der Waals surface area contributed by atoms with Crippen molar-refractivity contribution in [1.82, 2.24) is 14.9 Å². The summed E-state index contributed by atoms with van der Waals surface area (Å²) in [5.74, 6) is 1.81. The zero-order valence-corrected chi connectivity index (χ0v) is 10.8. The molecule has 0 saturated heterocycles. The number of hydrogen-bond acceptors (Lipinski definition) is 4. The number of imidazole rings is 1. The highest BCUT2D eigenvalue weighted by Gasteiger charge is 2.20. The normalized spacial score (nSPS) is 18.6. The third-order valence-corrected chi connectivity index (χ3v) is 3.27. The molecule has 1 unspecified atom stereocenters. The lowest BCUT2D eigenvalue weighted by Gasteiger charge is -2.24. The van der Waals surface area contributed by atoms with Gasteiger partial charge in [-0.05, 0) is 19.1 Å². The van der Waals surface area contributed by atoms with Crippen molar-refractivity contribution < 1.29 is 4.42 Å². The number of rotatable bonds is 3. The monoisotopic (exact) mass is 256 g/mol. The fraction of sp³-hybridized carbons (Fsp3) is 0.286. The molecule has 1 aliphatic heterocycles. The number of furan rings is 1. The zero-order chi connectivity index (χ0) is 13.2. The smallest absolute Gasteiger partial charge is 0.151 e. The lowest BCUT2D eigenvalue weighted by Crippen LogP contribution is -2.45. The molecule has 1 aliphatic rings. The summed E-state index contributed by atoms with van der Waals surface area (Å²) < 4.78 is 7.55. The number of nitrogens with zero attached hydrogens (tertiary/aromatic N) is 3. The van der Waals surface area contributed by atoms with Crippen LogP contribution in [0.1, 0.15) is 18.7 Å². The third-order valence-electron chi connectivity index (χ3n) is 3.27. The Bertz CT molecular complexity index is 696. The van der Waals surface area contributed by atoms with Crippen molar-refractivity contribution in [2.75, 3.05) is 6.54 Å². The lowest BCUT2D eigenvalue weighted by molar-refractivity contribution is 0.406. The van der Waals surface area contributed by atoms with Crippen LogP contribution in [-0.4, -0.2) is 22.3 Å². The van der Waals surface area contributed by atoms with Crippen LogP contribution in [0.5, 0.6) is 0 Å². The molecule has 3 rings (SSSR count). The fourth-order valence-corrected chi connectivity index (χ4v) is 2.40. The molecular formula is C14H16N4O. The molecule has 1 atom stereocenters. The summed E-state index contributed by atoms with van der Waals surface area (Å²) in [6.45, 7) is 6.67. The zero-order valence-electron chi connectivity index (χ0n) is 10.8. The molecule has 2 aromatic heterocycles.